The van der Waals surface area contributed by atoms with Gasteiger partial charge < -0.3 is 25.2 Å². The van der Waals surface area contributed by atoms with Crippen LogP contribution in [0, 0.1) is 0 Å². The molecule has 308 valence electrons. The molecule has 0 aromatic heterocycles. The first-order valence-electron chi connectivity index (χ1n) is 20.9. The van der Waals surface area contributed by atoms with E-state index in [4.69, 9.17) is 24.3 Å². The van der Waals surface area contributed by atoms with Crippen molar-refractivity contribution in [2.45, 2.75) is 180 Å². The first-order valence-corrected chi connectivity index (χ1v) is 22.4. The predicted octanol–water partition coefficient (Wildman–Crippen LogP) is 11.5. The van der Waals surface area contributed by atoms with Gasteiger partial charge >= 0.3 is 13.8 Å². The standard InChI is InChI=1S/C43H78NO8P/c1-3-5-7-8-9-10-11-12-13-14-15-19-22-25-28-32-37-49-42(40-52-53(47,48)51-38-36-44)39-50-43(46)35-31-27-24-21-18-16-17-20-23-26-30-34-41(45)33-29-6-4-2/h16-17,21,23-24,26,30,32,34,37,41-42,45H,3-15,18-20,22,25,27-29,31,33,35-36,38-40,44H2,1-2H3,(H,47,48)/b17-16-,24-21-,26-23-,34-30+,37-32+/t41-,42-/m1/s1. The summed E-state index contributed by atoms with van der Waals surface area (Å²) in [6.07, 6.45) is 45.2. The van der Waals surface area contributed by atoms with E-state index in [0.717, 1.165) is 57.8 Å². The van der Waals surface area contributed by atoms with Gasteiger partial charge in [-0.25, -0.2) is 4.57 Å². The highest BCUT2D eigenvalue weighted by molar-refractivity contribution is 7.47. The molecule has 1 unspecified atom stereocenters. The SMILES string of the molecule is CCCCCCCCCCCCCCCC/C=C/O[C@H](COC(=O)CCC/C=C\C/C=C\C/C=C\C=C\[C@H](O)CCCCC)COP(=O)(O)OCCN. The van der Waals surface area contributed by atoms with E-state index in [2.05, 4.69) is 44.2 Å². The maximum Gasteiger partial charge on any atom is 0.472 e. The van der Waals surface area contributed by atoms with E-state index in [9.17, 15) is 19.4 Å². The largest absolute Gasteiger partial charge is 0.492 e. The van der Waals surface area contributed by atoms with Crippen LogP contribution in [-0.4, -0.2) is 54.5 Å². The van der Waals surface area contributed by atoms with E-state index >= 15 is 0 Å². The Morgan fingerprint density at radius 2 is 1.25 bits per heavy atom. The number of ether oxygens (including phenoxy) is 2. The van der Waals surface area contributed by atoms with Crippen molar-refractivity contribution in [1.29, 1.82) is 0 Å². The van der Waals surface area contributed by atoms with E-state index in [1.54, 1.807) is 6.26 Å². The minimum absolute atomic E-state index is 0.0847. The summed E-state index contributed by atoms with van der Waals surface area (Å²) < 4.78 is 33.1. The summed E-state index contributed by atoms with van der Waals surface area (Å²) >= 11 is 0. The number of carbonyl (C=O) groups excluding carboxylic acids is 1. The summed E-state index contributed by atoms with van der Waals surface area (Å²) in [5.41, 5.74) is 5.35. The van der Waals surface area contributed by atoms with Crippen LogP contribution in [0.2, 0.25) is 0 Å². The highest BCUT2D eigenvalue weighted by atomic mass is 31.2. The fourth-order valence-electron chi connectivity index (χ4n) is 5.44. The van der Waals surface area contributed by atoms with Crippen LogP contribution in [0.4, 0.5) is 0 Å². The summed E-state index contributed by atoms with van der Waals surface area (Å²) in [4.78, 5) is 22.2. The van der Waals surface area contributed by atoms with Crippen LogP contribution >= 0.6 is 7.82 Å². The van der Waals surface area contributed by atoms with Crippen LogP contribution in [0.25, 0.3) is 0 Å². The van der Waals surface area contributed by atoms with Gasteiger partial charge in [-0.05, 0) is 51.0 Å². The van der Waals surface area contributed by atoms with E-state index in [1.807, 2.05) is 24.3 Å². The number of nitrogens with two attached hydrogens (primary N) is 1. The molecule has 4 N–H and O–H groups in total. The Bertz CT molecular complexity index is 1010. The lowest BCUT2D eigenvalue weighted by Gasteiger charge is -2.19. The van der Waals surface area contributed by atoms with Crippen molar-refractivity contribution in [3.63, 3.8) is 0 Å². The molecule has 0 radical (unpaired) electrons. The second kappa shape index (κ2) is 39.7. The molecule has 0 amide bonds. The van der Waals surface area contributed by atoms with E-state index in [1.165, 1.54) is 83.5 Å². The number of phosphoric ester groups is 1. The molecular weight excluding hydrogens is 689 g/mol. The molecule has 0 aromatic carbocycles. The minimum Gasteiger partial charge on any atom is -0.492 e. The van der Waals surface area contributed by atoms with E-state index in [0.29, 0.717) is 6.42 Å². The molecule has 0 saturated heterocycles. The minimum atomic E-state index is -4.29. The van der Waals surface area contributed by atoms with Gasteiger partial charge in [0, 0.05) is 13.0 Å². The number of allylic oxidation sites excluding steroid dienone is 8. The second-order valence-corrected chi connectivity index (χ2v) is 15.2. The van der Waals surface area contributed by atoms with Crippen molar-refractivity contribution < 1.29 is 37.9 Å². The van der Waals surface area contributed by atoms with Crippen LogP contribution < -0.4 is 5.73 Å². The van der Waals surface area contributed by atoms with Crippen molar-refractivity contribution in [1.82, 2.24) is 0 Å². The third kappa shape index (κ3) is 39.5. The zero-order valence-electron chi connectivity index (χ0n) is 33.6. The van der Waals surface area contributed by atoms with Gasteiger partial charge in [0.05, 0.1) is 25.6 Å². The topological polar surface area (TPSA) is 138 Å². The highest BCUT2D eigenvalue weighted by Gasteiger charge is 2.24. The molecule has 0 aliphatic rings. The number of hydrogen-bond donors (Lipinski definition) is 3. The van der Waals surface area contributed by atoms with Gasteiger partial charge in [-0.1, -0.05) is 165 Å². The van der Waals surface area contributed by atoms with Gasteiger partial charge in [-0.15, -0.1) is 0 Å². The molecule has 0 aromatic rings. The van der Waals surface area contributed by atoms with Gasteiger partial charge in [0.25, 0.3) is 0 Å². The number of aliphatic hydroxyl groups is 1. The molecule has 0 fully saturated rings. The van der Waals surface area contributed by atoms with Crippen molar-refractivity contribution >= 4 is 13.8 Å². The van der Waals surface area contributed by atoms with Crippen LogP contribution in [0.1, 0.15) is 168 Å². The first-order chi connectivity index (χ1) is 25.8. The van der Waals surface area contributed by atoms with Gasteiger partial charge in [-0.3, -0.25) is 13.8 Å². The third-order valence-electron chi connectivity index (χ3n) is 8.63. The molecule has 9 nitrogen and oxygen atoms in total. The number of phosphoric acid groups is 1. The molecule has 10 heteroatoms. The first kappa shape index (κ1) is 51.0. The number of esters is 1. The molecule has 0 aliphatic carbocycles. The van der Waals surface area contributed by atoms with Crippen LogP contribution in [0.3, 0.4) is 0 Å². The Labute approximate surface area is 324 Å². The average molecular weight is 768 g/mol. The Morgan fingerprint density at radius 3 is 1.89 bits per heavy atom. The Balaban J connectivity index is 4.24. The zero-order valence-corrected chi connectivity index (χ0v) is 34.5. The van der Waals surface area contributed by atoms with Crippen LogP contribution in [-0.2, 0) is 27.9 Å². The molecular formula is C43H78NO8P. The van der Waals surface area contributed by atoms with E-state index in [-0.39, 0.29) is 44.9 Å². The number of unbranched alkanes of at least 4 members (excludes halogenated alkanes) is 17. The normalized spacial score (nSPS) is 14.7. The number of rotatable bonds is 39. The predicted molar refractivity (Wildman–Crippen MR) is 220 cm³/mol. The molecule has 53 heavy (non-hydrogen) atoms. The summed E-state index contributed by atoms with van der Waals surface area (Å²) in [5.74, 6) is -0.362. The lowest BCUT2D eigenvalue weighted by Crippen LogP contribution is -2.25. The highest BCUT2D eigenvalue weighted by Crippen LogP contribution is 2.43. The summed E-state index contributed by atoms with van der Waals surface area (Å²) in [5, 5.41) is 9.88. The fourth-order valence-corrected chi connectivity index (χ4v) is 6.20. The quantitative estimate of drug-likeness (QED) is 0.0139. The molecule has 3 atom stereocenters. The Morgan fingerprint density at radius 1 is 0.679 bits per heavy atom. The zero-order chi connectivity index (χ0) is 38.9. The molecule has 0 heterocycles. The van der Waals surface area contributed by atoms with Crippen molar-refractivity contribution in [2.24, 2.45) is 5.73 Å². The third-order valence-corrected chi connectivity index (χ3v) is 9.62. The Hall–Kier alpha value is -2.00. The number of hydrogen-bond acceptors (Lipinski definition) is 8. The fraction of sp³-hybridized carbons (Fsp3) is 0.744. The molecule has 0 rings (SSSR count). The van der Waals surface area contributed by atoms with Crippen molar-refractivity contribution in [2.75, 3.05) is 26.4 Å². The molecule has 0 bridgehead atoms. The second-order valence-electron chi connectivity index (χ2n) is 13.8. The lowest BCUT2D eigenvalue weighted by atomic mass is 10.0. The van der Waals surface area contributed by atoms with Gasteiger partial charge in [-0.2, -0.15) is 0 Å². The van der Waals surface area contributed by atoms with Gasteiger partial charge in [0.2, 0.25) is 0 Å². The van der Waals surface area contributed by atoms with Crippen molar-refractivity contribution in [3.8, 4) is 0 Å². The molecule has 0 aliphatic heterocycles. The van der Waals surface area contributed by atoms with Gasteiger partial charge in [0.15, 0.2) is 6.10 Å². The van der Waals surface area contributed by atoms with Crippen LogP contribution in [0.5, 0.6) is 0 Å². The maximum absolute atomic E-state index is 12.4. The van der Waals surface area contributed by atoms with E-state index < -0.39 is 13.9 Å². The molecule has 0 spiro atoms. The monoisotopic (exact) mass is 768 g/mol. The number of carbonyl (C=O) groups is 1. The summed E-state index contributed by atoms with van der Waals surface area (Å²) in [6.45, 7) is 4.01. The maximum atomic E-state index is 12.4. The van der Waals surface area contributed by atoms with Crippen molar-refractivity contribution in [3.05, 3.63) is 60.9 Å². The molecule has 0 saturated carbocycles. The summed E-state index contributed by atoms with van der Waals surface area (Å²) in [6, 6.07) is 0. The Kier molecular flexibility index (Phi) is 38.2. The summed E-state index contributed by atoms with van der Waals surface area (Å²) in [7, 11) is -4.29. The van der Waals surface area contributed by atoms with Gasteiger partial charge in [0.1, 0.15) is 6.61 Å². The smallest absolute Gasteiger partial charge is 0.472 e. The average Bonchev–Trinajstić information content (AvgIpc) is 3.14. The van der Waals surface area contributed by atoms with Crippen LogP contribution in [0.15, 0.2) is 60.9 Å². The number of aliphatic hydroxyl groups excluding tert-OH is 1. The lowest BCUT2D eigenvalue weighted by molar-refractivity contribution is -0.147.